The summed E-state index contributed by atoms with van der Waals surface area (Å²) in [5, 5.41) is 17.5. The average Bonchev–Trinajstić information content (AvgIpc) is 2.95. The Bertz CT molecular complexity index is 1010. The first kappa shape index (κ1) is 17.2. The van der Waals surface area contributed by atoms with Crippen molar-refractivity contribution in [2.75, 3.05) is 0 Å². The number of hydrogen-bond acceptors (Lipinski definition) is 4. The highest BCUT2D eigenvalue weighted by molar-refractivity contribution is 5.58. The molecule has 0 atom stereocenters. The molecule has 2 heterocycles. The summed E-state index contributed by atoms with van der Waals surface area (Å²) in [6, 6.07) is 13.9. The molecule has 0 aliphatic carbocycles. The first-order valence-corrected chi connectivity index (χ1v) is 9.08. The molecule has 1 aromatic heterocycles. The topological polar surface area (TPSA) is 63.7 Å². The lowest BCUT2D eigenvalue weighted by Crippen LogP contribution is -2.03. The highest BCUT2D eigenvalue weighted by atomic mass is 19.1. The van der Waals surface area contributed by atoms with E-state index in [1.165, 1.54) is 12.5 Å². The molecule has 0 radical (unpaired) electrons. The molecule has 0 spiro atoms. The molecule has 5 nitrogen and oxygen atoms in total. The summed E-state index contributed by atoms with van der Waals surface area (Å²) in [6.45, 7) is 1.03. The second-order valence-corrected chi connectivity index (χ2v) is 6.64. The van der Waals surface area contributed by atoms with Gasteiger partial charge >= 0.3 is 0 Å². The highest BCUT2D eigenvalue weighted by Crippen LogP contribution is 2.26. The van der Waals surface area contributed by atoms with Crippen LogP contribution in [0, 0.1) is 17.1 Å². The van der Waals surface area contributed by atoms with Crippen LogP contribution >= 0.6 is 0 Å². The van der Waals surface area contributed by atoms with Gasteiger partial charge in [0.1, 0.15) is 24.0 Å². The van der Waals surface area contributed by atoms with Gasteiger partial charge in [0.2, 0.25) is 0 Å². The fraction of sp³-hybridized carbons (Fsp3) is 0.286. The maximum absolute atomic E-state index is 14.0. The van der Waals surface area contributed by atoms with Crippen LogP contribution in [0.15, 0.2) is 42.5 Å². The molecule has 0 saturated carbocycles. The van der Waals surface area contributed by atoms with E-state index in [0.29, 0.717) is 16.9 Å². The van der Waals surface area contributed by atoms with Crippen molar-refractivity contribution in [1.82, 2.24) is 14.8 Å². The van der Waals surface area contributed by atoms with Gasteiger partial charge < -0.3 is 9.30 Å². The van der Waals surface area contributed by atoms with Crippen molar-refractivity contribution >= 4 is 0 Å². The van der Waals surface area contributed by atoms with Crippen LogP contribution in [0.3, 0.4) is 0 Å². The first-order valence-electron chi connectivity index (χ1n) is 9.08. The van der Waals surface area contributed by atoms with E-state index in [2.05, 4.69) is 14.8 Å². The molecule has 1 aliphatic heterocycles. The number of ether oxygens (including phenoxy) is 1. The average molecular weight is 362 g/mol. The number of nitrogens with zero attached hydrogens (tertiary/aromatic N) is 4. The molecule has 0 N–H and O–H groups in total. The van der Waals surface area contributed by atoms with Gasteiger partial charge in [-0.05, 0) is 37.1 Å². The maximum atomic E-state index is 14.0. The van der Waals surface area contributed by atoms with E-state index in [0.717, 1.165) is 43.0 Å². The van der Waals surface area contributed by atoms with E-state index in [-0.39, 0.29) is 6.61 Å². The molecule has 4 rings (SSSR count). The number of aromatic nitrogens is 3. The Morgan fingerprint density at radius 3 is 2.89 bits per heavy atom. The number of fused-ring (bicyclic) bond motifs is 1. The minimum Gasteiger partial charge on any atom is -0.489 e. The zero-order valence-electron chi connectivity index (χ0n) is 14.9. The quantitative estimate of drug-likeness (QED) is 0.696. The summed E-state index contributed by atoms with van der Waals surface area (Å²) in [5.74, 6) is 2.09. The van der Waals surface area contributed by atoms with Gasteiger partial charge in [0.15, 0.2) is 5.82 Å². The molecule has 3 aromatic rings. The lowest BCUT2D eigenvalue weighted by atomic mass is 10.1. The van der Waals surface area contributed by atoms with E-state index in [1.54, 1.807) is 12.1 Å². The van der Waals surface area contributed by atoms with Gasteiger partial charge in [0.25, 0.3) is 0 Å². The van der Waals surface area contributed by atoms with Crippen LogP contribution in [0.4, 0.5) is 4.39 Å². The number of aryl methyl sites for hydroxylation is 1. The zero-order chi connectivity index (χ0) is 18.6. The van der Waals surface area contributed by atoms with Gasteiger partial charge in [-0.2, -0.15) is 5.26 Å². The second-order valence-electron chi connectivity index (χ2n) is 6.64. The van der Waals surface area contributed by atoms with Crippen LogP contribution in [-0.4, -0.2) is 14.8 Å². The molecule has 27 heavy (non-hydrogen) atoms. The van der Waals surface area contributed by atoms with E-state index in [4.69, 9.17) is 10.00 Å². The van der Waals surface area contributed by atoms with E-state index in [9.17, 15) is 4.39 Å². The highest BCUT2D eigenvalue weighted by Gasteiger charge is 2.16. The van der Waals surface area contributed by atoms with Crippen LogP contribution in [0.5, 0.6) is 5.75 Å². The van der Waals surface area contributed by atoms with Crippen LogP contribution in [0.25, 0.3) is 11.4 Å². The van der Waals surface area contributed by atoms with Crippen molar-refractivity contribution < 1.29 is 9.13 Å². The Hall–Kier alpha value is -3.20. The van der Waals surface area contributed by atoms with Crippen molar-refractivity contribution in [3.63, 3.8) is 0 Å². The molecule has 0 unspecified atom stereocenters. The Labute approximate surface area is 157 Å². The van der Waals surface area contributed by atoms with Gasteiger partial charge in [-0.15, -0.1) is 10.2 Å². The zero-order valence-corrected chi connectivity index (χ0v) is 14.9. The van der Waals surface area contributed by atoms with Crippen molar-refractivity contribution in [3.8, 4) is 23.2 Å². The van der Waals surface area contributed by atoms with E-state index < -0.39 is 5.82 Å². The Morgan fingerprint density at radius 2 is 2.04 bits per heavy atom. The number of halogens is 1. The molecule has 0 bridgehead atoms. The molecule has 136 valence electrons. The third kappa shape index (κ3) is 3.68. The minimum atomic E-state index is -0.437. The van der Waals surface area contributed by atoms with Crippen molar-refractivity contribution in [1.29, 1.82) is 5.26 Å². The second kappa shape index (κ2) is 7.58. The predicted molar refractivity (Wildman–Crippen MR) is 98.5 cm³/mol. The smallest absolute Gasteiger partial charge is 0.164 e. The normalized spacial score (nSPS) is 13.5. The molecule has 0 saturated heterocycles. The third-order valence-corrected chi connectivity index (χ3v) is 4.78. The number of hydrogen-bond donors (Lipinski definition) is 0. The first-order chi connectivity index (χ1) is 13.2. The van der Waals surface area contributed by atoms with E-state index in [1.807, 2.05) is 30.3 Å². The summed E-state index contributed by atoms with van der Waals surface area (Å²) in [7, 11) is 0. The standard InChI is InChI=1S/C21H19FN4O/c22-19-11-15(13-23)8-9-17(19)14-27-18-6-4-5-16(12-18)21-25-24-20-7-2-1-3-10-26(20)21/h4-6,8-9,11-12H,1-3,7,10,14H2. The summed E-state index contributed by atoms with van der Waals surface area (Å²) in [6.07, 6.45) is 4.45. The molecular weight excluding hydrogens is 343 g/mol. The van der Waals surface area contributed by atoms with Gasteiger partial charge in [-0.1, -0.05) is 24.6 Å². The van der Waals surface area contributed by atoms with Gasteiger partial charge in [-0.25, -0.2) is 4.39 Å². The number of benzene rings is 2. The van der Waals surface area contributed by atoms with Crippen LogP contribution in [0.1, 0.15) is 36.2 Å². The molecule has 2 aromatic carbocycles. The Balaban J connectivity index is 1.54. The minimum absolute atomic E-state index is 0.0962. The lowest BCUT2D eigenvalue weighted by molar-refractivity contribution is 0.300. The van der Waals surface area contributed by atoms with Crippen LogP contribution in [0.2, 0.25) is 0 Å². The van der Waals surface area contributed by atoms with Crippen molar-refractivity contribution in [3.05, 3.63) is 65.2 Å². The summed E-state index contributed by atoms with van der Waals surface area (Å²) < 4.78 is 22.0. The Kier molecular flexibility index (Phi) is 4.84. The van der Waals surface area contributed by atoms with Crippen LogP contribution < -0.4 is 4.74 Å². The van der Waals surface area contributed by atoms with Gasteiger partial charge in [0.05, 0.1) is 11.6 Å². The SMILES string of the molecule is N#Cc1ccc(COc2cccc(-c3nnc4n3CCCCC4)c2)c(F)c1. The summed E-state index contributed by atoms with van der Waals surface area (Å²) >= 11 is 0. The number of rotatable bonds is 4. The Morgan fingerprint density at radius 1 is 1.11 bits per heavy atom. The van der Waals surface area contributed by atoms with E-state index >= 15 is 0 Å². The monoisotopic (exact) mass is 362 g/mol. The largest absolute Gasteiger partial charge is 0.489 e. The molecule has 1 aliphatic rings. The molecule has 0 amide bonds. The van der Waals surface area contributed by atoms with Gasteiger partial charge in [-0.3, -0.25) is 0 Å². The summed E-state index contributed by atoms with van der Waals surface area (Å²) in [4.78, 5) is 0. The number of nitriles is 1. The van der Waals surface area contributed by atoms with Crippen LogP contribution in [-0.2, 0) is 19.6 Å². The maximum Gasteiger partial charge on any atom is 0.164 e. The van der Waals surface area contributed by atoms with Gasteiger partial charge in [0, 0.05) is 24.1 Å². The predicted octanol–water partition coefficient (Wildman–Crippen LogP) is 4.26. The van der Waals surface area contributed by atoms with Crippen molar-refractivity contribution in [2.24, 2.45) is 0 Å². The fourth-order valence-electron chi connectivity index (χ4n) is 3.32. The molecule has 0 fully saturated rings. The summed E-state index contributed by atoms with van der Waals surface area (Å²) in [5.41, 5.74) is 1.65. The lowest BCUT2D eigenvalue weighted by Gasteiger charge is -2.10. The molecule has 6 heteroatoms. The molecular formula is C21H19FN4O. The third-order valence-electron chi connectivity index (χ3n) is 4.78. The fourth-order valence-corrected chi connectivity index (χ4v) is 3.32. The van der Waals surface area contributed by atoms with Crippen molar-refractivity contribution in [2.45, 2.75) is 38.8 Å².